The van der Waals surface area contributed by atoms with Gasteiger partial charge in [0.25, 0.3) is 0 Å². The first-order chi connectivity index (χ1) is 40.1. The van der Waals surface area contributed by atoms with Gasteiger partial charge in [-0.2, -0.15) is 0 Å². The number of benzene rings is 11. The van der Waals surface area contributed by atoms with Crippen molar-refractivity contribution in [3.8, 4) is 83.6 Å². The van der Waals surface area contributed by atoms with Gasteiger partial charge in [0.15, 0.2) is 0 Å². The molecule has 0 N–H and O–H groups in total. The number of ether oxygens (including phenoxy) is 1. The van der Waals surface area contributed by atoms with Gasteiger partial charge in [0.2, 0.25) is 0 Å². The molecular weight excluding hydrogens is 1010 g/mol. The highest BCUT2D eigenvalue weighted by Gasteiger charge is 2.50. The molecule has 0 saturated heterocycles. The first kappa shape index (κ1) is 48.5. The minimum atomic E-state index is -0.375. The highest BCUT2D eigenvalue weighted by Crippen LogP contribution is 2.67. The molecule has 400 valence electrons. The number of aryl methyl sites for hydroxylation is 1. The van der Waals surface area contributed by atoms with Crippen LogP contribution in [0.4, 0.5) is 17.1 Å². The average molecular weight is 1070 g/mol. The van der Waals surface area contributed by atoms with E-state index < -0.39 is 0 Å². The van der Waals surface area contributed by atoms with Crippen molar-refractivity contribution < 1.29 is 9.15 Å². The molecule has 1 aromatic heterocycles. The summed E-state index contributed by atoms with van der Waals surface area (Å²) in [6, 6.07) is 77.8. The van der Waals surface area contributed by atoms with Gasteiger partial charge >= 0.3 is 0 Å². The summed E-state index contributed by atoms with van der Waals surface area (Å²) in [5, 5.41) is 2.33. The number of fused-ring (bicyclic) bond motifs is 22. The Hall–Kier alpha value is -9.18. The van der Waals surface area contributed by atoms with Gasteiger partial charge in [0.05, 0.1) is 5.69 Å². The molecule has 3 nitrogen and oxygen atoms in total. The Kier molecular flexibility index (Phi) is 9.65. The molecule has 2 heterocycles. The molecule has 83 heavy (non-hydrogen) atoms. The van der Waals surface area contributed by atoms with Gasteiger partial charge in [-0.25, -0.2) is 0 Å². The molecule has 0 saturated carbocycles. The van der Waals surface area contributed by atoms with E-state index in [9.17, 15) is 0 Å². The summed E-state index contributed by atoms with van der Waals surface area (Å²) in [5.41, 5.74) is 34.9. The fourth-order valence-electron chi connectivity index (χ4n) is 16.3. The fraction of sp³-hybridized carbons (Fsp3) is 0.175. The minimum absolute atomic E-state index is 0.135. The SMILES string of the molecule is Cc1ccc(-c2ccccc2N(c2ccc3c(c2)C(C)(C)c2cc(-c4ccc5c(c4)C(C)(C)c4ccccc4-5)c4oc5ccccc5c4c2-3)c2ccc3c(c2)C(C)(C)c2c-3c3c(c4c2C(C)(C)c2ccccc2-4)OCc2ccccc2-3)cc1. The lowest BCUT2D eigenvalue weighted by molar-refractivity contribution is 0.303. The third kappa shape index (κ3) is 6.35. The maximum Gasteiger partial charge on any atom is 0.143 e. The molecule has 4 aliphatic carbocycles. The van der Waals surface area contributed by atoms with Gasteiger partial charge in [-0.05, 0) is 161 Å². The molecule has 11 aromatic carbocycles. The van der Waals surface area contributed by atoms with E-state index in [1.165, 1.54) is 133 Å². The van der Waals surface area contributed by atoms with Gasteiger partial charge in [0, 0.05) is 66.1 Å². The van der Waals surface area contributed by atoms with Crippen molar-refractivity contribution in [2.45, 2.75) is 90.6 Å². The van der Waals surface area contributed by atoms with Crippen LogP contribution in [0.5, 0.6) is 5.75 Å². The van der Waals surface area contributed by atoms with Crippen LogP contribution >= 0.6 is 0 Å². The molecule has 0 bridgehead atoms. The maximum absolute atomic E-state index is 7.08. The first-order valence-corrected chi connectivity index (χ1v) is 29.7. The quantitative estimate of drug-likeness (QED) is 0.172. The highest BCUT2D eigenvalue weighted by atomic mass is 16.5. The van der Waals surface area contributed by atoms with Crippen molar-refractivity contribution in [3.63, 3.8) is 0 Å². The van der Waals surface area contributed by atoms with E-state index in [4.69, 9.17) is 9.15 Å². The zero-order chi connectivity index (χ0) is 56.2. The van der Waals surface area contributed by atoms with E-state index in [0.717, 1.165) is 44.9 Å². The van der Waals surface area contributed by atoms with Gasteiger partial charge in [-0.3, -0.25) is 0 Å². The topological polar surface area (TPSA) is 25.6 Å². The first-order valence-electron chi connectivity index (χ1n) is 29.7. The van der Waals surface area contributed by atoms with Crippen LogP contribution in [-0.2, 0) is 28.3 Å². The molecule has 0 fully saturated rings. The highest BCUT2D eigenvalue weighted by molar-refractivity contribution is 6.19. The molecule has 5 aliphatic rings. The standard InChI is InChI=1S/C80H63NO2/c1-45-30-32-46(33-31-45)51-21-14-18-28-66(51)81(50-36-39-57-64(42-50)80(8,9)73-69(57)70-52-22-11-10-20-48(52)44-82-76(70)72-55-24-13-17-27-61(55)79(6,7)74(72)73)49-35-38-56-63(41-49)78(4,5)65-43-59(75-71(68(56)65)58-25-15-19-29-67(58)83-75)47-34-37-54-53-23-12-16-26-60(53)77(2,3)62(54)40-47/h10-43H,44H2,1-9H3. The second kappa shape index (κ2) is 16.5. The number of furan rings is 1. The molecular formula is C80H63NO2. The van der Waals surface area contributed by atoms with E-state index in [0.29, 0.717) is 6.61 Å². The summed E-state index contributed by atoms with van der Waals surface area (Å²) in [4.78, 5) is 2.55. The van der Waals surface area contributed by atoms with Crippen molar-refractivity contribution in [3.05, 3.63) is 262 Å². The summed E-state index contributed by atoms with van der Waals surface area (Å²) in [5.74, 6) is 1.02. The number of nitrogens with zero attached hydrogens (tertiary/aromatic N) is 1. The average Bonchev–Trinajstić information content (AvgIpc) is 1.63. The minimum Gasteiger partial charge on any atom is -0.488 e. The molecule has 0 amide bonds. The van der Waals surface area contributed by atoms with Gasteiger partial charge in [0.1, 0.15) is 23.5 Å². The van der Waals surface area contributed by atoms with Crippen LogP contribution in [0, 0.1) is 6.92 Å². The fourth-order valence-corrected chi connectivity index (χ4v) is 16.3. The molecule has 1 aliphatic heterocycles. The van der Waals surface area contributed by atoms with E-state index in [1.807, 2.05) is 0 Å². The summed E-state index contributed by atoms with van der Waals surface area (Å²) in [6.45, 7) is 22.1. The van der Waals surface area contributed by atoms with E-state index in [1.54, 1.807) is 0 Å². The van der Waals surface area contributed by atoms with Gasteiger partial charge in [-0.1, -0.05) is 219 Å². The Labute approximate surface area is 486 Å². The molecule has 12 aromatic rings. The third-order valence-corrected chi connectivity index (χ3v) is 20.4. The van der Waals surface area contributed by atoms with Crippen LogP contribution in [0.25, 0.3) is 99.8 Å². The second-order valence-electron chi connectivity index (χ2n) is 26.3. The van der Waals surface area contributed by atoms with Crippen molar-refractivity contribution in [2.24, 2.45) is 0 Å². The molecule has 0 spiro atoms. The molecule has 0 atom stereocenters. The third-order valence-electron chi connectivity index (χ3n) is 20.4. The van der Waals surface area contributed by atoms with Crippen LogP contribution < -0.4 is 9.64 Å². The zero-order valence-corrected chi connectivity index (χ0v) is 48.6. The second-order valence-corrected chi connectivity index (χ2v) is 26.3. The van der Waals surface area contributed by atoms with E-state index in [-0.39, 0.29) is 21.7 Å². The number of hydrogen-bond acceptors (Lipinski definition) is 3. The van der Waals surface area contributed by atoms with Crippen molar-refractivity contribution in [1.29, 1.82) is 0 Å². The maximum atomic E-state index is 7.08. The smallest absolute Gasteiger partial charge is 0.143 e. The molecule has 0 unspecified atom stereocenters. The molecule has 0 radical (unpaired) electrons. The largest absolute Gasteiger partial charge is 0.488 e. The van der Waals surface area contributed by atoms with Crippen molar-refractivity contribution in [2.75, 3.05) is 4.90 Å². The monoisotopic (exact) mass is 1070 g/mol. The van der Waals surface area contributed by atoms with Crippen LogP contribution in [0.3, 0.4) is 0 Å². The lowest BCUT2D eigenvalue weighted by Gasteiger charge is -2.34. The van der Waals surface area contributed by atoms with Crippen LogP contribution in [0.2, 0.25) is 0 Å². The predicted octanol–water partition coefficient (Wildman–Crippen LogP) is 21.5. The summed E-state index contributed by atoms with van der Waals surface area (Å²) >= 11 is 0. The van der Waals surface area contributed by atoms with Crippen molar-refractivity contribution >= 4 is 39.0 Å². The Morgan fingerprint density at radius 1 is 0.373 bits per heavy atom. The molecule has 17 rings (SSSR count). The number of hydrogen-bond donors (Lipinski definition) is 0. The van der Waals surface area contributed by atoms with Gasteiger partial charge < -0.3 is 14.1 Å². The van der Waals surface area contributed by atoms with Crippen LogP contribution in [0.15, 0.2) is 211 Å². The summed E-state index contributed by atoms with van der Waals surface area (Å²) in [6.07, 6.45) is 0. The van der Waals surface area contributed by atoms with Crippen molar-refractivity contribution in [1.82, 2.24) is 0 Å². The van der Waals surface area contributed by atoms with Crippen LogP contribution in [0.1, 0.15) is 111 Å². The Morgan fingerprint density at radius 2 is 0.904 bits per heavy atom. The van der Waals surface area contributed by atoms with Gasteiger partial charge in [-0.15, -0.1) is 0 Å². The van der Waals surface area contributed by atoms with E-state index in [2.05, 4.69) is 273 Å². The Morgan fingerprint density at radius 3 is 1.66 bits per heavy atom. The summed E-state index contributed by atoms with van der Waals surface area (Å²) in [7, 11) is 0. The number of rotatable bonds is 5. The predicted molar refractivity (Wildman–Crippen MR) is 344 cm³/mol. The lowest BCUT2D eigenvalue weighted by Crippen LogP contribution is -2.25. The van der Waals surface area contributed by atoms with Crippen LogP contribution in [-0.4, -0.2) is 0 Å². The summed E-state index contributed by atoms with van der Waals surface area (Å²) < 4.78 is 14.1. The number of para-hydroxylation sites is 2. The zero-order valence-electron chi connectivity index (χ0n) is 48.6. The normalized spacial score (nSPS) is 16.0. The van der Waals surface area contributed by atoms with E-state index >= 15 is 0 Å². The lowest BCUT2D eigenvalue weighted by atomic mass is 9.71. The molecule has 3 heteroatoms. The Balaban J connectivity index is 0.878. The Bertz CT molecular complexity index is 4860. The number of anilines is 3.